The summed E-state index contributed by atoms with van der Waals surface area (Å²) < 4.78 is 36.6. The molecule has 1 N–H and O–H groups in total. The molecule has 1 heterocycles. The lowest BCUT2D eigenvalue weighted by Crippen LogP contribution is -2.12. The van der Waals surface area contributed by atoms with Crippen LogP contribution in [-0.4, -0.2) is 16.4 Å². The summed E-state index contributed by atoms with van der Waals surface area (Å²) in [6, 6.07) is 7.00. The van der Waals surface area contributed by atoms with Crippen LogP contribution in [0.25, 0.3) is 0 Å². The first-order valence-corrected chi connectivity index (χ1v) is 6.74. The molecule has 0 saturated heterocycles. The van der Waals surface area contributed by atoms with E-state index in [9.17, 15) is 18.0 Å². The first-order valence-electron chi connectivity index (χ1n) is 5.93. The molecule has 110 valence electrons. The summed E-state index contributed by atoms with van der Waals surface area (Å²) in [4.78, 5) is 15.9. The summed E-state index contributed by atoms with van der Waals surface area (Å²) in [5.41, 5.74) is -2.64. The molecule has 0 atom stereocenters. The van der Waals surface area contributed by atoms with Gasteiger partial charge in [0.15, 0.2) is 0 Å². The van der Waals surface area contributed by atoms with Crippen molar-refractivity contribution in [2.75, 3.05) is 5.32 Å². The van der Waals surface area contributed by atoms with Gasteiger partial charge >= 0.3 is 5.51 Å². The molecule has 0 aliphatic rings. The maximum absolute atomic E-state index is 12.2. The Kier molecular flexibility index (Phi) is 4.52. The fraction of sp³-hybridized carbons (Fsp3) is 0.143. The predicted molar refractivity (Wildman–Crippen MR) is 75.3 cm³/mol. The van der Waals surface area contributed by atoms with E-state index in [1.165, 1.54) is 30.5 Å². The number of halogens is 3. The lowest BCUT2D eigenvalue weighted by molar-refractivity contribution is -0.0328. The zero-order chi connectivity index (χ0) is 15.5. The van der Waals surface area contributed by atoms with E-state index in [-0.39, 0.29) is 22.2 Å². The zero-order valence-electron chi connectivity index (χ0n) is 10.9. The standard InChI is InChI=1S/C14H11F3N2OS/c1-9-6-7-18-8-12(9)19-13(20)10-2-4-11(5-3-10)21-14(15,16)17/h2-8H,1H3,(H,19,20). The third kappa shape index (κ3) is 4.49. The lowest BCUT2D eigenvalue weighted by Gasteiger charge is -2.08. The second kappa shape index (κ2) is 6.17. The molecule has 1 aromatic carbocycles. The number of pyridine rings is 1. The largest absolute Gasteiger partial charge is 0.446 e. The minimum absolute atomic E-state index is 0.0385. The van der Waals surface area contributed by atoms with Crippen molar-refractivity contribution in [2.45, 2.75) is 17.3 Å². The van der Waals surface area contributed by atoms with Gasteiger partial charge in [-0.1, -0.05) is 0 Å². The molecule has 0 unspecified atom stereocenters. The van der Waals surface area contributed by atoms with Crippen LogP contribution in [0.1, 0.15) is 15.9 Å². The van der Waals surface area contributed by atoms with Crippen LogP contribution in [0.15, 0.2) is 47.6 Å². The van der Waals surface area contributed by atoms with Gasteiger partial charge in [0.25, 0.3) is 5.91 Å². The molecule has 1 amide bonds. The van der Waals surface area contributed by atoms with Crippen LogP contribution in [0.5, 0.6) is 0 Å². The molecule has 3 nitrogen and oxygen atoms in total. The number of hydrogen-bond acceptors (Lipinski definition) is 3. The highest BCUT2D eigenvalue weighted by Crippen LogP contribution is 2.36. The highest BCUT2D eigenvalue weighted by molar-refractivity contribution is 8.00. The van der Waals surface area contributed by atoms with E-state index < -0.39 is 11.4 Å². The lowest BCUT2D eigenvalue weighted by atomic mass is 10.2. The van der Waals surface area contributed by atoms with Gasteiger partial charge in [-0.2, -0.15) is 13.2 Å². The molecule has 0 aliphatic heterocycles. The highest BCUT2D eigenvalue weighted by Gasteiger charge is 2.29. The Labute approximate surface area is 123 Å². The molecule has 0 aliphatic carbocycles. The number of nitrogens with zero attached hydrogens (tertiary/aromatic N) is 1. The van der Waals surface area contributed by atoms with Gasteiger partial charge in [-0.15, -0.1) is 0 Å². The Morgan fingerprint density at radius 1 is 1.19 bits per heavy atom. The Morgan fingerprint density at radius 2 is 1.86 bits per heavy atom. The first-order chi connectivity index (χ1) is 9.85. The first kappa shape index (κ1) is 15.4. The maximum Gasteiger partial charge on any atom is 0.446 e. The van der Waals surface area contributed by atoms with Crippen LogP contribution in [0.3, 0.4) is 0 Å². The fourth-order valence-electron chi connectivity index (χ4n) is 1.60. The minimum Gasteiger partial charge on any atom is -0.320 e. The summed E-state index contributed by atoms with van der Waals surface area (Å²) in [5, 5.41) is 2.66. The number of alkyl halides is 3. The molecule has 2 aromatic rings. The third-order valence-corrected chi connectivity index (χ3v) is 3.38. The summed E-state index contributed by atoms with van der Waals surface area (Å²) in [6.45, 7) is 1.82. The van der Waals surface area contributed by atoms with Crippen molar-refractivity contribution in [3.63, 3.8) is 0 Å². The van der Waals surface area contributed by atoms with E-state index in [0.717, 1.165) is 5.56 Å². The van der Waals surface area contributed by atoms with Crippen molar-refractivity contribution < 1.29 is 18.0 Å². The van der Waals surface area contributed by atoms with Gasteiger partial charge in [-0.3, -0.25) is 9.78 Å². The van der Waals surface area contributed by atoms with Crippen molar-refractivity contribution in [3.8, 4) is 0 Å². The molecule has 0 radical (unpaired) electrons. The molecule has 7 heteroatoms. The molecule has 21 heavy (non-hydrogen) atoms. The smallest absolute Gasteiger partial charge is 0.320 e. The number of benzene rings is 1. The van der Waals surface area contributed by atoms with Crippen molar-refractivity contribution in [3.05, 3.63) is 53.9 Å². The Morgan fingerprint density at radius 3 is 2.43 bits per heavy atom. The second-order valence-corrected chi connectivity index (χ2v) is 5.36. The molecular formula is C14H11F3N2OS. The quantitative estimate of drug-likeness (QED) is 0.861. The summed E-state index contributed by atoms with van der Waals surface area (Å²) in [5.74, 6) is -0.394. The average molecular weight is 312 g/mol. The van der Waals surface area contributed by atoms with Crippen LogP contribution in [-0.2, 0) is 0 Å². The molecule has 0 fully saturated rings. The third-order valence-electron chi connectivity index (χ3n) is 2.64. The van der Waals surface area contributed by atoms with Gasteiger partial charge < -0.3 is 5.32 Å². The Bertz CT molecular complexity index is 641. The maximum atomic E-state index is 12.2. The monoisotopic (exact) mass is 312 g/mol. The summed E-state index contributed by atoms with van der Waals surface area (Å²) in [6.07, 6.45) is 3.12. The number of carbonyl (C=O) groups excluding carboxylic acids is 1. The predicted octanol–water partition coefficient (Wildman–Crippen LogP) is 4.25. The van der Waals surface area contributed by atoms with E-state index in [4.69, 9.17) is 0 Å². The number of aromatic nitrogens is 1. The van der Waals surface area contributed by atoms with E-state index in [0.29, 0.717) is 5.69 Å². The number of amides is 1. The van der Waals surface area contributed by atoms with E-state index in [2.05, 4.69) is 10.3 Å². The summed E-state index contributed by atoms with van der Waals surface area (Å²) >= 11 is -0.214. The number of thioether (sulfide) groups is 1. The summed E-state index contributed by atoms with van der Waals surface area (Å²) in [7, 11) is 0. The number of nitrogens with one attached hydrogen (secondary N) is 1. The molecule has 1 aromatic heterocycles. The zero-order valence-corrected chi connectivity index (χ0v) is 11.8. The SMILES string of the molecule is Cc1ccncc1NC(=O)c1ccc(SC(F)(F)F)cc1. The average Bonchev–Trinajstić information content (AvgIpc) is 2.40. The normalized spacial score (nSPS) is 11.2. The van der Waals surface area contributed by atoms with Gasteiger partial charge in [0, 0.05) is 16.7 Å². The van der Waals surface area contributed by atoms with Crippen LogP contribution in [0.2, 0.25) is 0 Å². The highest BCUT2D eigenvalue weighted by atomic mass is 32.2. The number of hydrogen-bond donors (Lipinski definition) is 1. The number of aryl methyl sites for hydroxylation is 1. The van der Waals surface area contributed by atoms with Crippen molar-refractivity contribution in [1.82, 2.24) is 4.98 Å². The Hall–Kier alpha value is -2.02. The molecule has 2 rings (SSSR count). The molecule has 0 saturated carbocycles. The van der Waals surface area contributed by atoms with E-state index in [1.54, 1.807) is 12.3 Å². The van der Waals surface area contributed by atoms with Gasteiger partial charge in [-0.25, -0.2) is 0 Å². The molecule has 0 spiro atoms. The number of rotatable bonds is 3. The van der Waals surface area contributed by atoms with Gasteiger partial charge in [0.1, 0.15) is 0 Å². The number of anilines is 1. The van der Waals surface area contributed by atoms with E-state index in [1.807, 2.05) is 6.92 Å². The number of carbonyl (C=O) groups is 1. The van der Waals surface area contributed by atoms with Gasteiger partial charge in [0.2, 0.25) is 0 Å². The second-order valence-electron chi connectivity index (χ2n) is 4.22. The fourth-order valence-corrected chi connectivity index (χ4v) is 2.14. The van der Waals surface area contributed by atoms with Crippen molar-refractivity contribution in [2.24, 2.45) is 0 Å². The van der Waals surface area contributed by atoms with Crippen molar-refractivity contribution in [1.29, 1.82) is 0 Å². The van der Waals surface area contributed by atoms with Crippen LogP contribution < -0.4 is 5.32 Å². The van der Waals surface area contributed by atoms with Crippen LogP contribution >= 0.6 is 11.8 Å². The van der Waals surface area contributed by atoms with Crippen LogP contribution in [0, 0.1) is 6.92 Å². The topological polar surface area (TPSA) is 42.0 Å². The van der Waals surface area contributed by atoms with Gasteiger partial charge in [-0.05, 0) is 54.6 Å². The molecular weight excluding hydrogens is 301 g/mol. The van der Waals surface area contributed by atoms with E-state index >= 15 is 0 Å². The molecule has 0 bridgehead atoms. The van der Waals surface area contributed by atoms with Gasteiger partial charge in [0.05, 0.1) is 11.9 Å². The van der Waals surface area contributed by atoms with Crippen LogP contribution in [0.4, 0.5) is 18.9 Å². The Balaban J connectivity index is 2.08. The minimum atomic E-state index is -4.34. The van der Waals surface area contributed by atoms with Crippen molar-refractivity contribution >= 4 is 23.4 Å².